The lowest BCUT2D eigenvalue weighted by molar-refractivity contribution is 0.494. The zero-order valence-electron chi connectivity index (χ0n) is 10.3. The first-order chi connectivity index (χ1) is 8.27. The van der Waals surface area contributed by atoms with Gasteiger partial charge in [0.1, 0.15) is 0 Å². The summed E-state index contributed by atoms with van der Waals surface area (Å²) in [5, 5.41) is 3.57. The molecule has 0 saturated carbocycles. The molecule has 0 amide bonds. The van der Waals surface area contributed by atoms with Gasteiger partial charge in [0.2, 0.25) is 0 Å². The van der Waals surface area contributed by atoms with Crippen LogP contribution in [0.4, 0.5) is 0 Å². The summed E-state index contributed by atoms with van der Waals surface area (Å²) in [5.74, 6) is 0. The molecule has 2 nitrogen and oxygen atoms in total. The molecule has 88 valence electrons. The van der Waals surface area contributed by atoms with E-state index in [0.717, 1.165) is 0 Å². The Bertz CT molecular complexity index is 395. The van der Waals surface area contributed by atoms with Gasteiger partial charge in [0.05, 0.1) is 0 Å². The summed E-state index contributed by atoms with van der Waals surface area (Å²) < 4.78 is 0. The van der Waals surface area contributed by atoms with Crippen molar-refractivity contribution in [3.8, 4) is 0 Å². The fourth-order valence-electron chi connectivity index (χ4n) is 1.94. The summed E-state index contributed by atoms with van der Waals surface area (Å²) in [5.41, 5.74) is 2.53. The minimum absolute atomic E-state index is 0.305. The van der Waals surface area contributed by atoms with Crippen molar-refractivity contribution < 1.29 is 0 Å². The molecular weight excluding hydrogens is 208 g/mol. The minimum Gasteiger partial charge on any atom is -0.304 e. The van der Waals surface area contributed by atoms with E-state index in [1.54, 1.807) is 6.20 Å². The number of hydrogen-bond donors (Lipinski definition) is 1. The lowest BCUT2D eigenvalue weighted by atomic mass is 10.1. The zero-order valence-corrected chi connectivity index (χ0v) is 10.3. The second kappa shape index (κ2) is 5.60. The van der Waals surface area contributed by atoms with E-state index in [1.807, 2.05) is 18.3 Å². The molecule has 17 heavy (non-hydrogen) atoms. The van der Waals surface area contributed by atoms with Crippen LogP contribution < -0.4 is 5.32 Å². The molecule has 1 aromatic heterocycles. The van der Waals surface area contributed by atoms with Crippen LogP contribution >= 0.6 is 0 Å². The third kappa shape index (κ3) is 3.14. The highest BCUT2D eigenvalue weighted by Gasteiger charge is 2.10. The highest BCUT2D eigenvalue weighted by molar-refractivity contribution is 5.19. The molecule has 1 aromatic carbocycles. The molecule has 0 radical (unpaired) electrons. The Morgan fingerprint density at radius 2 is 1.53 bits per heavy atom. The smallest absolute Gasteiger partial charge is 0.0315 e. The monoisotopic (exact) mass is 226 g/mol. The van der Waals surface area contributed by atoms with Crippen LogP contribution in [-0.2, 0) is 0 Å². The molecule has 2 atom stereocenters. The molecule has 1 heterocycles. The molecule has 0 spiro atoms. The number of pyridine rings is 1. The van der Waals surface area contributed by atoms with Gasteiger partial charge in [-0.2, -0.15) is 0 Å². The summed E-state index contributed by atoms with van der Waals surface area (Å²) in [6, 6.07) is 15.2. The maximum absolute atomic E-state index is 4.15. The molecule has 0 fully saturated rings. The van der Waals surface area contributed by atoms with Crippen molar-refractivity contribution in [2.75, 3.05) is 0 Å². The Morgan fingerprint density at radius 1 is 0.882 bits per heavy atom. The largest absolute Gasteiger partial charge is 0.304 e. The Hall–Kier alpha value is -1.67. The third-order valence-corrected chi connectivity index (χ3v) is 2.98. The van der Waals surface area contributed by atoms with Crippen LogP contribution in [0.5, 0.6) is 0 Å². The van der Waals surface area contributed by atoms with Crippen molar-refractivity contribution in [3.05, 3.63) is 66.0 Å². The van der Waals surface area contributed by atoms with Crippen LogP contribution in [0.3, 0.4) is 0 Å². The molecule has 0 aliphatic carbocycles. The summed E-state index contributed by atoms with van der Waals surface area (Å²) in [4.78, 5) is 4.15. The van der Waals surface area contributed by atoms with Gasteiger partial charge in [-0.15, -0.1) is 0 Å². The highest BCUT2D eigenvalue weighted by Crippen LogP contribution is 2.18. The third-order valence-electron chi connectivity index (χ3n) is 2.98. The van der Waals surface area contributed by atoms with Gasteiger partial charge in [-0.3, -0.25) is 4.98 Å². The van der Waals surface area contributed by atoms with Gasteiger partial charge in [-0.1, -0.05) is 36.4 Å². The molecule has 2 rings (SSSR count). The van der Waals surface area contributed by atoms with Crippen molar-refractivity contribution in [2.24, 2.45) is 0 Å². The topological polar surface area (TPSA) is 24.9 Å². The summed E-state index contributed by atoms with van der Waals surface area (Å²) in [7, 11) is 0. The SMILES string of the molecule is CC(NC(C)c1cccnc1)c1ccccc1. The molecule has 1 N–H and O–H groups in total. The van der Waals surface area contributed by atoms with Gasteiger partial charge in [-0.25, -0.2) is 0 Å². The van der Waals surface area contributed by atoms with Crippen LogP contribution in [0.2, 0.25) is 0 Å². The lowest BCUT2D eigenvalue weighted by Gasteiger charge is -2.20. The maximum atomic E-state index is 4.15. The number of nitrogens with zero attached hydrogens (tertiary/aromatic N) is 1. The first kappa shape index (κ1) is 11.8. The van der Waals surface area contributed by atoms with E-state index in [4.69, 9.17) is 0 Å². The summed E-state index contributed by atoms with van der Waals surface area (Å²) in [6.07, 6.45) is 3.71. The zero-order chi connectivity index (χ0) is 12.1. The predicted molar refractivity (Wildman–Crippen MR) is 70.6 cm³/mol. The average Bonchev–Trinajstić information content (AvgIpc) is 2.40. The lowest BCUT2D eigenvalue weighted by Crippen LogP contribution is -2.22. The standard InChI is InChI=1S/C15H18N2/c1-12(14-7-4-3-5-8-14)17-13(2)15-9-6-10-16-11-15/h3-13,17H,1-2H3. The van der Waals surface area contributed by atoms with Gasteiger partial charge in [0.15, 0.2) is 0 Å². The van der Waals surface area contributed by atoms with E-state index in [0.29, 0.717) is 12.1 Å². The van der Waals surface area contributed by atoms with E-state index in [1.165, 1.54) is 11.1 Å². The quantitative estimate of drug-likeness (QED) is 0.863. The van der Waals surface area contributed by atoms with Gasteiger partial charge < -0.3 is 5.32 Å². The first-order valence-corrected chi connectivity index (χ1v) is 5.98. The maximum Gasteiger partial charge on any atom is 0.0315 e. The molecule has 0 aliphatic rings. The molecule has 0 aliphatic heterocycles. The van der Waals surface area contributed by atoms with Crippen LogP contribution in [-0.4, -0.2) is 4.98 Å². The Morgan fingerprint density at radius 3 is 2.18 bits per heavy atom. The number of rotatable bonds is 4. The van der Waals surface area contributed by atoms with Crippen molar-refractivity contribution >= 4 is 0 Å². The van der Waals surface area contributed by atoms with E-state index in [-0.39, 0.29) is 0 Å². The molecule has 0 saturated heterocycles. The minimum atomic E-state index is 0.305. The number of aromatic nitrogens is 1. The molecule has 0 bridgehead atoms. The molecule has 2 unspecified atom stereocenters. The number of hydrogen-bond acceptors (Lipinski definition) is 2. The van der Waals surface area contributed by atoms with E-state index >= 15 is 0 Å². The average molecular weight is 226 g/mol. The number of nitrogens with one attached hydrogen (secondary N) is 1. The van der Waals surface area contributed by atoms with Crippen LogP contribution in [0.1, 0.15) is 37.1 Å². The predicted octanol–water partition coefficient (Wildman–Crippen LogP) is 3.49. The molecule has 2 heteroatoms. The van der Waals surface area contributed by atoms with Crippen molar-refractivity contribution in [1.82, 2.24) is 10.3 Å². The second-order valence-corrected chi connectivity index (χ2v) is 4.31. The van der Waals surface area contributed by atoms with Crippen LogP contribution in [0.25, 0.3) is 0 Å². The fraction of sp³-hybridized carbons (Fsp3) is 0.267. The fourth-order valence-corrected chi connectivity index (χ4v) is 1.94. The van der Waals surface area contributed by atoms with Crippen LogP contribution in [0.15, 0.2) is 54.9 Å². The van der Waals surface area contributed by atoms with E-state index < -0.39 is 0 Å². The van der Waals surface area contributed by atoms with Crippen molar-refractivity contribution in [3.63, 3.8) is 0 Å². The summed E-state index contributed by atoms with van der Waals surface area (Å²) >= 11 is 0. The van der Waals surface area contributed by atoms with Crippen molar-refractivity contribution in [1.29, 1.82) is 0 Å². The van der Waals surface area contributed by atoms with Gasteiger partial charge in [0, 0.05) is 24.5 Å². The van der Waals surface area contributed by atoms with Gasteiger partial charge >= 0.3 is 0 Å². The molecule has 2 aromatic rings. The van der Waals surface area contributed by atoms with Crippen LogP contribution in [0, 0.1) is 0 Å². The van der Waals surface area contributed by atoms with E-state index in [2.05, 4.69) is 54.5 Å². The molecular formula is C15H18N2. The Labute approximate surface area is 103 Å². The normalized spacial score (nSPS) is 14.2. The highest BCUT2D eigenvalue weighted by atomic mass is 14.9. The second-order valence-electron chi connectivity index (χ2n) is 4.31. The summed E-state index contributed by atoms with van der Waals surface area (Å²) in [6.45, 7) is 4.35. The van der Waals surface area contributed by atoms with Crippen molar-refractivity contribution in [2.45, 2.75) is 25.9 Å². The van der Waals surface area contributed by atoms with Gasteiger partial charge in [-0.05, 0) is 31.0 Å². The number of benzene rings is 1. The first-order valence-electron chi connectivity index (χ1n) is 5.98. The Kier molecular flexibility index (Phi) is 3.89. The van der Waals surface area contributed by atoms with Gasteiger partial charge in [0.25, 0.3) is 0 Å². The Balaban J connectivity index is 2.02. The van der Waals surface area contributed by atoms with E-state index in [9.17, 15) is 0 Å².